The van der Waals surface area contributed by atoms with Crippen LogP contribution < -0.4 is 10.6 Å². The van der Waals surface area contributed by atoms with Crippen molar-refractivity contribution < 1.29 is 4.79 Å². The van der Waals surface area contributed by atoms with Gasteiger partial charge in [0.2, 0.25) is 5.91 Å². The van der Waals surface area contributed by atoms with Gasteiger partial charge < -0.3 is 15.5 Å². The van der Waals surface area contributed by atoms with E-state index in [2.05, 4.69) is 50.3 Å². The molecule has 1 fully saturated rings. The van der Waals surface area contributed by atoms with Crippen LogP contribution in [0.2, 0.25) is 0 Å². The molecule has 2 rings (SSSR count). The van der Waals surface area contributed by atoms with E-state index in [1.54, 1.807) is 0 Å². The minimum atomic E-state index is 0.127. The first-order valence-electron chi connectivity index (χ1n) is 7.73. The summed E-state index contributed by atoms with van der Waals surface area (Å²) in [6, 6.07) is 4.30. The van der Waals surface area contributed by atoms with Gasteiger partial charge in [-0.05, 0) is 60.9 Å². The van der Waals surface area contributed by atoms with Gasteiger partial charge in [0.25, 0.3) is 0 Å². The van der Waals surface area contributed by atoms with E-state index in [9.17, 15) is 4.79 Å². The molecule has 1 saturated heterocycles. The highest BCUT2D eigenvalue weighted by Gasteiger charge is 2.17. The third kappa shape index (κ3) is 5.75. The summed E-state index contributed by atoms with van der Waals surface area (Å²) in [7, 11) is 0. The summed E-state index contributed by atoms with van der Waals surface area (Å²) in [6.45, 7) is 5.64. The highest BCUT2D eigenvalue weighted by Crippen LogP contribution is 2.18. The summed E-state index contributed by atoms with van der Waals surface area (Å²) in [5.74, 6) is 0.851. The number of amides is 1. The first-order chi connectivity index (χ1) is 10.7. The Labute approximate surface area is 149 Å². The van der Waals surface area contributed by atoms with Gasteiger partial charge in [0.1, 0.15) is 6.54 Å². The first-order valence-corrected chi connectivity index (χ1v) is 9.62. The van der Waals surface area contributed by atoms with Gasteiger partial charge in [0, 0.05) is 31.1 Å². The topological polar surface area (TPSA) is 56.7 Å². The summed E-state index contributed by atoms with van der Waals surface area (Å²) in [5.41, 5.74) is 0. The van der Waals surface area contributed by atoms with Gasteiger partial charge >= 0.3 is 0 Å². The minimum Gasteiger partial charge on any atom is -0.357 e. The predicted octanol–water partition coefficient (Wildman–Crippen LogP) is 2.07. The van der Waals surface area contributed by atoms with Gasteiger partial charge in [-0.1, -0.05) is 0 Å². The Bertz CT molecular complexity index is 511. The molecule has 1 aromatic heterocycles. The van der Waals surface area contributed by atoms with Gasteiger partial charge in [-0.15, -0.1) is 11.3 Å². The minimum absolute atomic E-state index is 0.127. The van der Waals surface area contributed by atoms with Gasteiger partial charge in [-0.2, -0.15) is 0 Å². The molecule has 5 nitrogen and oxygen atoms in total. The molecule has 122 valence electrons. The number of carbonyl (C=O) groups is 1. The van der Waals surface area contributed by atoms with E-state index in [1.807, 2.05) is 23.2 Å². The Balaban J connectivity index is 1.77. The summed E-state index contributed by atoms with van der Waals surface area (Å²) in [6.07, 6.45) is 3.21. The van der Waals surface area contributed by atoms with E-state index in [-0.39, 0.29) is 12.5 Å². The fraction of sp³-hybridized carbons (Fsp3) is 0.600. The molecule has 7 heteroatoms. The van der Waals surface area contributed by atoms with E-state index in [0.717, 1.165) is 51.4 Å². The Hall–Kier alpha value is -0.830. The van der Waals surface area contributed by atoms with Crippen molar-refractivity contribution in [1.82, 2.24) is 15.5 Å². The van der Waals surface area contributed by atoms with Crippen molar-refractivity contribution in [3.63, 3.8) is 0 Å². The number of likely N-dealkylation sites (tertiary alicyclic amines) is 1. The zero-order valence-electron chi connectivity index (χ0n) is 12.9. The lowest BCUT2D eigenvalue weighted by atomic mass is 10.3. The van der Waals surface area contributed by atoms with Crippen molar-refractivity contribution in [2.75, 3.05) is 32.7 Å². The van der Waals surface area contributed by atoms with Crippen LogP contribution in [0.3, 0.4) is 0 Å². The van der Waals surface area contributed by atoms with Crippen molar-refractivity contribution >= 4 is 45.8 Å². The molecule has 0 unspecified atom stereocenters. The maximum Gasteiger partial charge on any atom is 0.244 e. The number of aliphatic imine (C=N–C) groups is 1. The molecule has 2 heterocycles. The quantitative estimate of drug-likeness (QED) is 0.410. The van der Waals surface area contributed by atoms with Crippen LogP contribution in [-0.4, -0.2) is 49.5 Å². The van der Waals surface area contributed by atoms with Gasteiger partial charge in [-0.25, -0.2) is 4.99 Å². The molecule has 1 aliphatic rings. The van der Waals surface area contributed by atoms with Crippen LogP contribution in [0.4, 0.5) is 0 Å². The van der Waals surface area contributed by atoms with Crippen molar-refractivity contribution in [2.24, 2.45) is 4.99 Å². The molecule has 0 atom stereocenters. The van der Waals surface area contributed by atoms with Crippen LogP contribution >= 0.6 is 33.9 Å². The summed E-state index contributed by atoms with van der Waals surface area (Å²) < 4.78 is 1.31. The first kappa shape index (κ1) is 17.5. The number of nitrogens with one attached hydrogen (secondary N) is 2. The van der Waals surface area contributed by atoms with Crippen LogP contribution in [0.25, 0.3) is 0 Å². The normalized spacial score (nSPS) is 15.2. The van der Waals surface area contributed by atoms with Crippen LogP contribution in [0.15, 0.2) is 17.1 Å². The number of carbonyl (C=O) groups excluding carboxylic acids is 1. The number of halogens is 1. The molecule has 22 heavy (non-hydrogen) atoms. The summed E-state index contributed by atoms with van der Waals surface area (Å²) in [5, 5.41) is 6.49. The average molecular weight is 434 g/mol. The van der Waals surface area contributed by atoms with E-state index in [0.29, 0.717) is 0 Å². The van der Waals surface area contributed by atoms with Gasteiger partial charge in [-0.3, -0.25) is 4.79 Å². The van der Waals surface area contributed by atoms with Crippen LogP contribution in [0, 0.1) is 2.88 Å². The molecule has 1 amide bonds. The number of nitrogens with zero attached hydrogens (tertiary/aromatic N) is 2. The Morgan fingerprint density at radius 3 is 2.77 bits per heavy atom. The number of rotatable bonds is 6. The fourth-order valence-electron chi connectivity index (χ4n) is 2.35. The zero-order valence-corrected chi connectivity index (χ0v) is 15.9. The molecule has 0 radical (unpaired) electrons. The average Bonchev–Trinajstić information content (AvgIpc) is 3.16. The molecule has 0 bridgehead atoms. The molecular weight excluding hydrogens is 411 g/mol. The van der Waals surface area contributed by atoms with E-state index in [4.69, 9.17) is 0 Å². The second-order valence-corrected chi connectivity index (χ2v) is 8.23. The number of hydrogen-bond acceptors (Lipinski definition) is 3. The highest BCUT2D eigenvalue weighted by molar-refractivity contribution is 14.1. The second kappa shape index (κ2) is 9.34. The molecule has 0 saturated carbocycles. The number of thiophene rings is 1. The fourth-order valence-corrected chi connectivity index (χ4v) is 4.10. The van der Waals surface area contributed by atoms with Gasteiger partial charge in [0.15, 0.2) is 5.96 Å². The van der Waals surface area contributed by atoms with Crippen molar-refractivity contribution in [1.29, 1.82) is 0 Å². The Kier molecular flexibility index (Phi) is 7.44. The third-order valence-corrected chi connectivity index (χ3v) is 5.42. The molecule has 1 aromatic rings. The Morgan fingerprint density at radius 1 is 1.36 bits per heavy atom. The van der Waals surface area contributed by atoms with Gasteiger partial charge in [0.05, 0.1) is 2.88 Å². The lowest BCUT2D eigenvalue weighted by Gasteiger charge is -2.15. The monoisotopic (exact) mass is 434 g/mol. The molecule has 0 spiro atoms. The molecule has 0 aliphatic carbocycles. The molecule has 2 N–H and O–H groups in total. The zero-order chi connectivity index (χ0) is 15.8. The molecular formula is C15H23IN4OS. The maximum atomic E-state index is 12.0. The Morgan fingerprint density at radius 2 is 2.14 bits per heavy atom. The van der Waals surface area contributed by atoms with Crippen molar-refractivity contribution in [2.45, 2.75) is 26.2 Å². The van der Waals surface area contributed by atoms with Crippen LogP contribution in [0.1, 0.15) is 24.6 Å². The van der Waals surface area contributed by atoms with Crippen LogP contribution in [-0.2, 0) is 11.2 Å². The van der Waals surface area contributed by atoms with Crippen molar-refractivity contribution in [3.05, 3.63) is 19.9 Å². The van der Waals surface area contributed by atoms with E-state index >= 15 is 0 Å². The maximum absolute atomic E-state index is 12.0. The number of hydrogen-bond donors (Lipinski definition) is 2. The third-order valence-electron chi connectivity index (χ3n) is 3.47. The number of guanidine groups is 1. The highest BCUT2D eigenvalue weighted by atomic mass is 127. The largest absolute Gasteiger partial charge is 0.357 e. The lowest BCUT2D eigenvalue weighted by Crippen LogP contribution is -2.39. The summed E-state index contributed by atoms with van der Waals surface area (Å²) in [4.78, 5) is 19.7. The molecule has 1 aliphatic heterocycles. The van der Waals surface area contributed by atoms with E-state index in [1.165, 1.54) is 7.76 Å². The van der Waals surface area contributed by atoms with Crippen molar-refractivity contribution in [3.8, 4) is 0 Å². The smallest absolute Gasteiger partial charge is 0.244 e. The van der Waals surface area contributed by atoms with E-state index < -0.39 is 0 Å². The second-order valence-electron chi connectivity index (χ2n) is 5.17. The SMILES string of the molecule is CCNC(=NCC(=O)N1CCCC1)NCCc1ccc(I)s1. The standard InChI is InChI=1S/C15H23IN4OS/c1-2-17-15(18-8-7-12-5-6-13(16)22-12)19-11-14(21)20-9-3-4-10-20/h5-6H,2-4,7-11H2,1H3,(H2,17,18,19). The summed E-state index contributed by atoms with van der Waals surface area (Å²) >= 11 is 4.15. The molecule has 0 aromatic carbocycles. The lowest BCUT2D eigenvalue weighted by molar-refractivity contribution is -0.128. The van der Waals surface area contributed by atoms with Crippen LogP contribution in [0.5, 0.6) is 0 Å². The predicted molar refractivity (Wildman–Crippen MR) is 101 cm³/mol.